The molecule has 0 aliphatic carbocycles. The highest BCUT2D eigenvalue weighted by molar-refractivity contribution is 6.01. The van der Waals surface area contributed by atoms with Crippen LogP contribution in [0.1, 0.15) is 15.9 Å². The molecular formula is C19H20N2O4. The van der Waals surface area contributed by atoms with Crippen LogP contribution in [-0.4, -0.2) is 39.1 Å². The summed E-state index contributed by atoms with van der Waals surface area (Å²) in [5.74, 6) is 0.555. The largest absolute Gasteiger partial charge is 0.493 e. The fourth-order valence-electron chi connectivity index (χ4n) is 2.93. The van der Waals surface area contributed by atoms with Crippen molar-refractivity contribution in [1.82, 2.24) is 5.32 Å². The Balaban J connectivity index is 1.64. The Morgan fingerprint density at radius 2 is 1.84 bits per heavy atom. The maximum atomic E-state index is 12.4. The number of anilines is 1. The maximum Gasteiger partial charge on any atom is 0.251 e. The number of carbonyl (C=O) groups excluding carboxylic acids is 2. The van der Waals surface area contributed by atoms with E-state index >= 15 is 0 Å². The molecule has 6 nitrogen and oxygen atoms in total. The molecule has 2 amide bonds. The molecule has 0 saturated heterocycles. The number of hydrogen-bond donors (Lipinski definition) is 1. The number of amides is 2. The molecule has 0 unspecified atom stereocenters. The molecule has 1 aliphatic rings. The maximum absolute atomic E-state index is 12.4. The molecule has 6 heteroatoms. The summed E-state index contributed by atoms with van der Waals surface area (Å²) in [5.41, 5.74) is 2.49. The van der Waals surface area contributed by atoms with Gasteiger partial charge >= 0.3 is 0 Å². The topological polar surface area (TPSA) is 67.9 Å². The van der Waals surface area contributed by atoms with E-state index in [4.69, 9.17) is 9.47 Å². The lowest BCUT2D eigenvalue weighted by Crippen LogP contribution is -2.39. The number of rotatable bonds is 5. The van der Waals surface area contributed by atoms with E-state index in [1.54, 1.807) is 23.1 Å². The third-order valence-corrected chi connectivity index (χ3v) is 4.23. The van der Waals surface area contributed by atoms with Crippen LogP contribution < -0.4 is 19.7 Å². The zero-order chi connectivity index (χ0) is 17.8. The number of benzene rings is 2. The average Bonchev–Trinajstić information content (AvgIpc) is 3.09. The second-order valence-electron chi connectivity index (χ2n) is 5.68. The van der Waals surface area contributed by atoms with Crippen molar-refractivity contribution < 1.29 is 19.1 Å². The van der Waals surface area contributed by atoms with Gasteiger partial charge in [0.1, 0.15) is 0 Å². The Morgan fingerprint density at radius 1 is 1.08 bits per heavy atom. The van der Waals surface area contributed by atoms with Gasteiger partial charge in [0.2, 0.25) is 5.91 Å². The quantitative estimate of drug-likeness (QED) is 0.904. The van der Waals surface area contributed by atoms with Crippen LogP contribution in [0.2, 0.25) is 0 Å². The molecule has 0 bridgehead atoms. The van der Waals surface area contributed by atoms with E-state index in [1.165, 1.54) is 14.2 Å². The van der Waals surface area contributed by atoms with Crippen molar-refractivity contribution in [3.8, 4) is 11.5 Å². The molecule has 0 radical (unpaired) electrons. The number of ether oxygens (including phenoxy) is 2. The molecule has 0 saturated carbocycles. The highest BCUT2D eigenvalue weighted by Gasteiger charge is 2.24. The van der Waals surface area contributed by atoms with Gasteiger partial charge in [-0.15, -0.1) is 0 Å². The molecule has 1 heterocycles. The first-order valence-electron chi connectivity index (χ1n) is 8.02. The Hall–Kier alpha value is -3.02. The van der Waals surface area contributed by atoms with Crippen LogP contribution in [0, 0.1) is 0 Å². The van der Waals surface area contributed by atoms with Gasteiger partial charge in [0, 0.05) is 17.8 Å². The molecule has 1 aliphatic heterocycles. The number of para-hydroxylation sites is 1. The zero-order valence-corrected chi connectivity index (χ0v) is 14.2. The first-order valence-corrected chi connectivity index (χ1v) is 8.02. The lowest BCUT2D eigenvalue weighted by Gasteiger charge is -2.17. The minimum absolute atomic E-state index is 0.0541. The Kier molecular flexibility index (Phi) is 4.88. The van der Waals surface area contributed by atoms with Crippen molar-refractivity contribution in [1.29, 1.82) is 0 Å². The van der Waals surface area contributed by atoms with Crippen molar-refractivity contribution in [2.45, 2.75) is 6.42 Å². The molecule has 2 aromatic carbocycles. The van der Waals surface area contributed by atoms with E-state index in [0.29, 0.717) is 23.6 Å². The van der Waals surface area contributed by atoms with Crippen molar-refractivity contribution in [3.05, 3.63) is 53.6 Å². The third-order valence-electron chi connectivity index (χ3n) is 4.23. The van der Waals surface area contributed by atoms with E-state index in [-0.39, 0.29) is 18.4 Å². The summed E-state index contributed by atoms with van der Waals surface area (Å²) in [6.45, 7) is 0.589. The number of methoxy groups -OCH3 is 2. The first-order chi connectivity index (χ1) is 12.1. The summed E-state index contributed by atoms with van der Waals surface area (Å²) >= 11 is 0. The molecule has 25 heavy (non-hydrogen) atoms. The number of fused-ring (bicyclic) bond motifs is 1. The lowest BCUT2D eigenvalue weighted by molar-refractivity contribution is -0.117. The molecule has 130 valence electrons. The smallest absolute Gasteiger partial charge is 0.251 e. The minimum atomic E-state index is -0.332. The second-order valence-corrected chi connectivity index (χ2v) is 5.68. The van der Waals surface area contributed by atoms with Gasteiger partial charge in [-0.1, -0.05) is 18.2 Å². The Labute approximate surface area is 146 Å². The molecule has 1 N–H and O–H groups in total. The summed E-state index contributed by atoms with van der Waals surface area (Å²) in [4.78, 5) is 26.4. The van der Waals surface area contributed by atoms with Crippen molar-refractivity contribution in [3.63, 3.8) is 0 Å². The van der Waals surface area contributed by atoms with Gasteiger partial charge in [0.25, 0.3) is 5.91 Å². The molecule has 0 atom stereocenters. The number of carbonyl (C=O) groups is 2. The fourth-order valence-corrected chi connectivity index (χ4v) is 2.93. The van der Waals surface area contributed by atoms with Crippen LogP contribution in [-0.2, 0) is 11.2 Å². The Bertz CT molecular complexity index is 804. The Morgan fingerprint density at radius 3 is 2.60 bits per heavy atom. The van der Waals surface area contributed by atoms with E-state index in [0.717, 1.165) is 17.7 Å². The molecule has 3 rings (SSSR count). The molecule has 0 aromatic heterocycles. The number of nitrogens with zero attached hydrogens (tertiary/aromatic N) is 1. The molecule has 0 fully saturated rings. The summed E-state index contributed by atoms with van der Waals surface area (Å²) in [5, 5.41) is 2.67. The van der Waals surface area contributed by atoms with E-state index in [9.17, 15) is 9.59 Å². The standard InChI is InChI=1S/C19H20N2O4/c1-24-16-8-7-14(11-17(16)25-2)19(23)20-12-18(22)21-10-9-13-5-3-4-6-15(13)21/h3-8,11H,9-10,12H2,1-2H3,(H,20,23). The first kappa shape index (κ1) is 16.8. The van der Waals surface area contributed by atoms with Crippen molar-refractivity contribution >= 4 is 17.5 Å². The molecule has 2 aromatic rings. The van der Waals surface area contributed by atoms with Crippen LogP contribution in [0.3, 0.4) is 0 Å². The van der Waals surface area contributed by atoms with E-state index < -0.39 is 0 Å². The van der Waals surface area contributed by atoms with Gasteiger partial charge in [0.05, 0.1) is 20.8 Å². The highest BCUT2D eigenvalue weighted by Crippen LogP contribution is 2.28. The van der Waals surface area contributed by atoms with Crippen LogP contribution >= 0.6 is 0 Å². The predicted octanol–water partition coefficient (Wildman–Crippen LogP) is 2.02. The van der Waals surface area contributed by atoms with E-state index in [2.05, 4.69) is 5.32 Å². The molecular weight excluding hydrogens is 320 g/mol. The summed E-state index contributed by atoms with van der Waals surface area (Å²) in [7, 11) is 3.04. The average molecular weight is 340 g/mol. The van der Waals surface area contributed by atoms with Crippen LogP contribution in [0.5, 0.6) is 11.5 Å². The highest BCUT2D eigenvalue weighted by atomic mass is 16.5. The summed E-state index contributed by atoms with van der Waals surface area (Å²) < 4.78 is 10.3. The van der Waals surface area contributed by atoms with Crippen molar-refractivity contribution in [2.75, 3.05) is 32.2 Å². The van der Waals surface area contributed by atoms with Crippen LogP contribution in [0.25, 0.3) is 0 Å². The van der Waals surface area contributed by atoms with Crippen LogP contribution in [0.4, 0.5) is 5.69 Å². The number of hydrogen-bond acceptors (Lipinski definition) is 4. The fraction of sp³-hybridized carbons (Fsp3) is 0.263. The third kappa shape index (κ3) is 3.42. The summed E-state index contributed by atoms with van der Waals surface area (Å²) in [6.07, 6.45) is 0.839. The van der Waals surface area contributed by atoms with Gasteiger partial charge < -0.3 is 19.7 Å². The van der Waals surface area contributed by atoms with Gasteiger partial charge in [-0.3, -0.25) is 9.59 Å². The minimum Gasteiger partial charge on any atom is -0.493 e. The van der Waals surface area contributed by atoms with Crippen molar-refractivity contribution in [2.24, 2.45) is 0 Å². The SMILES string of the molecule is COc1ccc(C(=O)NCC(=O)N2CCc3ccccc32)cc1OC. The van der Waals surface area contributed by atoms with Gasteiger partial charge in [0.15, 0.2) is 11.5 Å². The monoisotopic (exact) mass is 340 g/mol. The lowest BCUT2D eigenvalue weighted by atomic mass is 10.2. The van der Waals surface area contributed by atoms with E-state index in [1.807, 2.05) is 24.3 Å². The van der Waals surface area contributed by atoms with Gasteiger partial charge in [-0.05, 0) is 36.2 Å². The molecule has 0 spiro atoms. The van der Waals surface area contributed by atoms with Gasteiger partial charge in [-0.25, -0.2) is 0 Å². The number of nitrogens with one attached hydrogen (secondary N) is 1. The predicted molar refractivity (Wildman–Crippen MR) is 94.4 cm³/mol. The van der Waals surface area contributed by atoms with Crippen LogP contribution in [0.15, 0.2) is 42.5 Å². The zero-order valence-electron chi connectivity index (χ0n) is 14.2. The normalized spacial score (nSPS) is 12.5. The summed E-state index contributed by atoms with van der Waals surface area (Å²) in [6, 6.07) is 12.7. The van der Waals surface area contributed by atoms with Gasteiger partial charge in [-0.2, -0.15) is 0 Å². The second kappa shape index (κ2) is 7.25.